The quantitative estimate of drug-likeness (QED) is 0.311. The van der Waals surface area contributed by atoms with E-state index in [1.807, 2.05) is 17.5 Å². The largest absolute Gasteiger partial charge is 0.373 e. The third kappa shape index (κ3) is 5.54. The molecule has 0 saturated heterocycles. The molecule has 1 amide bonds. The molecule has 0 fully saturated rings. The Labute approximate surface area is 188 Å². The number of rotatable bonds is 9. The molecule has 0 aliphatic heterocycles. The second-order valence-corrected chi connectivity index (χ2v) is 7.80. The summed E-state index contributed by atoms with van der Waals surface area (Å²) in [5.41, 5.74) is 5.00. The van der Waals surface area contributed by atoms with Crippen LogP contribution in [-0.2, 0) is 17.8 Å². The lowest BCUT2D eigenvalue weighted by molar-refractivity contribution is -0.118. The summed E-state index contributed by atoms with van der Waals surface area (Å²) in [5.74, 6) is 0.659. The van der Waals surface area contributed by atoms with Crippen LogP contribution in [0.1, 0.15) is 11.3 Å². The number of thiazole rings is 1. The highest BCUT2D eigenvalue weighted by Crippen LogP contribution is 2.21. The van der Waals surface area contributed by atoms with Crippen LogP contribution in [-0.4, -0.2) is 39.2 Å². The fourth-order valence-electron chi connectivity index (χ4n) is 3.15. The molecule has 1 aromatic carbocycles. The van der Waals surface area contributed by atoms with E-state index >= 15 is 0 Å². The number of pyridine rings is 1. The molecule has 0 radical (unpaired) electrons. The number of hydrogen-bond acceptors (Lipinski definition) is 7. The van der Waals surface area contributed by atoms with Crippen molar-refractivity contribution in [3.8, 4) is 11.3 Å². The molecule has 0 unspecified atom stereocenters. The van der Waals surface area contributed by atoms with Crippen molar-refractivity contribution in [1.29, 1.82) is 0 Å². The highest BCUT2D eigenvalue weighted by atomic mass is 32.1. The van der Waals surface area contributed by atoms with Crippen molar-refractivity contribution in [3.05, 3.63) is 76.6 Å². The van der Waals surface area contributed by atoms with Gasteiger partial charge in [0.25, 0.3) is 0 Å². The van der Waals surface area contributed by atoms with Gasteiger partial charge < -0.3 is 10.6 Å². The van der Waals surface area contributed by atoms with Crippen LogP contribution in [0.2, 0.25) is 0 Å². The van der Waals surface area contributed by atoms with E-state index in [2.05, 4.69) is 36.1 Å². The minimum Gasteiger partial charge on any atom is -0.373 e. The Morgan fingerprint density at radius 2 is 2.03 bits per heavy atom. The third-order valence-electron chi connectivity index (χ3n) is 4.83. The summed E-state index contributed by atoms with van der Waals surface area (Å²) in [6.07, 6.45) is 2.09. The van der Waals surface area contributed by atoms with E-state index in [-0.39, 0.29) is 11.7 Å². The first-order valence-electron chi connectivity index (χ1n) is 9.96. The SMILES string of the molecule is CNc1cc(-c2cc(NC(=O)[C@H](Cc3ccc(F)cc3)NCc3cscn3)[nH]n2)ccn1. The van der Waals surface area contributed by atoms with Crippen LogP contribution >= 0.6 is 11.3 Å². The Balaban J connectivity index is 1.47. The molecular weight excluding hydrogens is 429 g/mol. The lowest BCUT2D eigenvalue weighted by Gasteiger charge is -2.17. The van der Waals surface area contributed by atoms with Crippen molar-refractivity contribution < 1.29 is 9.18 Å². The maximum Gasteiger partial charge on any atom is 0.243 e. The monoisotopic (exact) mass is 451 g/mol. The summed E-state index contributed by atoms with van der Waals surface area (Å²) in [6, 6.07) is 11.1. The van der Waals surface area contributed by atoms with Gasteiger partial charge in [-0.15, -0.1) is 11.3 Å². The van der Waals surface area contributed by atoms with Crippen LogP contribution in [0.25, 0.3) is 11.3 Å². The summed E-state index contributed by atoms with van der Waals surface area (Å²) >= 11 is 1.50. The number of halogens is 1. The average molecular weight is 452 g/mol. The van der Waals surface area contributed by atoms with Crippen molar-refractivity contribution in [2.24, 2.45) is 0 Å². The van der Waals surface area contributed by atoms with Crippen LogP contribution in [0.15, 0.2) is 59.6 Å². The van der Waals surface area contributed by atoms with Gasteiger partial charge in [-0.2, -0.15) is 5.10 Å². The van der Waals surface area contributed by atoms with Gasteiger partial charge >= 0.3 is 0 Å². The number of nitrogens with zero attached hydrogens (tertiary/aromatic N) is 3. The summed E-state index contributed by atoms with van der Waals surface area (Å²) < 4.78 is 13.3. The second kappa shape index (κ2) is 10.1. The molecule has 0 saturated carbocycles. The molecule has 4 rings (SSSR count). The van der Waals surface area contributed by atoms with E-state index in [0.717, 1.165) is 22.6 Å². The first kappa shape index (κ1) is 21.6. The van der Waals surface area contributed by atoms with E-state index in [1.54, 1.807) is 37.0 Å². The van der Waals surface area contributed by atoms with Gasteiger partial charge in [0, 0.05) is 36.8 Å². The van der Waals surface area contributed by atoms with Gasteiger partial charge in [-0.1, -0.05) is 12.1 Å². The van der Waals surface area contributed by atoms with Gasteiger partial charge in [0.15, 0.2) is 0 Å². The van der Waals surface area contributed by atoms with Crippen molar-refractivity contribution >= 4 is 28.9 Å². The lowest BCUT2D eigenvalue weighted by atomic mass is 10.0. The number of carbonyl (C=O) groups excluding carboxylic acids is 1. The molecule has 3 aromatic heterocycles. The molecule has 0 aliphatic rings. The maximum absolute atomic E-state index is 13.3. The summed E-state index contributed by atoms with van der Waals surface area (Å²) in [5, 5.41) is 18.2. The zero-order valence-corrected chi connectivity index (χ0v) is 18.1. The number of aromatic nitrogens is 4. The molecule has 164 valence electrons. The van der Waals surface area contributed by atoms with Crippen LogP contribution in [0.4, 0.5) is 16.0 Å². The molecule has 4 N–H and O–H groups in total. The molecule has 0 bridgehead atoms. The molecule has 10 heteroatoms. The zero-order valence-electron chi connectivity index (χ0n) is 17.3. The minimum atomic E-state index is -0.550. The van der Waals surface area contributed by atoms with Gasteiger partial charge in [-0.25, -0.2) is 14.4 Å². The van der Waals surface area contributed by atoms with Crippen LogP contribution in [0.3, 0.4) is 0 Å². The van der Waals surface area contributed by atoms with Gasteiger partial charge in [-0.3, -0.25) is 15.2 Å². The number of amides is 1. The number of anilines is 2. The number of benzene rings is 1. The molecule has 8 nitrogen and oxygen atoms in total. The number of hydrogen-bond donors (Lipinski definition) is 4. The van der Waals surface area contributed by atoms with Crippen molar-refractivity contribution in [2.75, 3.05) is 17.7 Å². The molecule has 1 atom stereocenters. The molecule has 3 heterocycles. The molecule has 32 heavy (non-hydrogen) atoms. The number of carbonyl (C=O) groups is 1. The predicted molar refractivity (Wildman–Crippen MR) is 123 cm³/mol. The first-order chi connectivity index (χ1) is 15.6. The molecule has 0 spiro atoms. The lowest BCUT2D eigenvalue weighted by Crippen LogP contribution is -2.42. The summed E-state index contributed by atoms with van der Waals surface area (Å²) in [7, 11) is 1.79. The first-order valence-corrected chi connectivity index (χ1v) is 10.9. The highest BCUT2D eigenvalue weighted by molar-refractivity contribution is 7.07. The Morgan fingerprint density at radius 1 is 1.19 bits per heavy atom. The average Bonchev–Trinajstić information content (AvgIpc) is 3.50. The third-order valence-corrected chi connectivity index (χ3v) is 5.47. The fraction of sp³-hybridized carbons (Fsp3) is 0.182. The Morgan fingerprint density at radius 3 is 2.78 bits per heavy atom. The zero-order chi connectivity index (χ0) is 22.3. The Hall–Kier alpha value is -3.63. The standard InChI is InChI=1S/C22H22FN7OS/c1-24-20-9-15(6-7-25-20)18-10-21(30-29-18)28-22(31)19(26-11-17-12-32-13-27-17)8-14-2-4-16(23)5-3-14/h2-7,9-10,12-13,19,26H,8,11H2,1H3,(H,24,25)(H2,28,29,30,31)/t19-/m0/s1. The Bertz CT molecular complexity index is 1160. The molecule has 4 aromatic rings. The number of H-pyrrole nitrogens is 1. The second-order valence-electron chi connectivity index (χ2n) is 7.08. The smallest absolute Gasteiger partial charge is 0.243 e. The maximum atomic E-state index is 13.3. The van der Waals surface area contributed by atoms with E-state index in [9.17, 15) is 9.18 Å². The van der Waals surface area contributed by atoms with Crippen LogP contribution in [0, 0.1) is 5.82 Å². The van der Waals surface area contributed by atoms with Crippen LogP contribution < -0.4 is 16.0 Å². The summed E-state index contributed by atoms with van der Waals surface area (Å²) in [4.78, 5) is 21.5. The van der Waals surface area contributed by atoms with Gasteiger partial charge in [-0.05, 0) is 36.2 Å². The number of aromatic amines is 1. The molecular formula is C22H22FN7OS. The van der Waals surface area contributed by atoms with Gasteiger partial charge in [0.2, 0.25) is 5.91 Å². The van der Waals surface area contributed by atoms with Gasteiger partial charge in [0.1, 0.15) is 17.5 Å². The van der Waals surface area contributed by atoms with Crippen LogP contribution in [0.5, 0.6) is 0 Å². The fourth-order valence-corrected chi connectivity index (χ4v) is 3.70. The van der Waals surface area contributed by atoms with Crippen molar-refractivity contribution in [3.63, 3.8) is 0 Å². The van der Waals surface area contributed by atoms with Crippen molar-refractivity contribution in [2.45, 2.75) is 19.0 Å². The highest BCUT2D eigenvalue weighted by Gasteiger charge is 2.20. The van der Waals surface area contributed by atoms with Gasteiger partial charge in [0.05, 0.1) is 22.9 Å². The minimum absolute atomic E-state index is 0.231. The Kier molecular flexibility index (Phi) is 6.83. The molecule has 0 aliphatic carbocycles. The van der Waals surface area contributed by atoms with E-state index in [0.29, 0.717) is 24.5 Å². The van der Waals surface area contributed by atoms with E-state index < -0.39 is 6.04 Å². The van der Waals surface area contributed by atoms with E-state index in [4.69, 9.17) is 0 Å². The van der Waals surface area contributed by atoms with Crippen molar-refractivity contribution in [1.82, 2.24) is 25.5 Å². The predicted octanol–water partition coefficient (Wildman–Crippen LogP) is 3.45. The topological polar surface area (TPSA) is 108 Å². The van der Waals surface area contributed by atoms with E-state index in [1.165, 1.54) is 23.5 Å². The number of nitrogens with one attached hydrogen (secondary N) is 4. The normalized spacial score (nSPS) is 11.8. The summed E-state index contributed by atoms with van der Waals surface area (Å²) in [6.45, 7) is 0.445.